The molecule has 1 rings (SSSR count). The molecule has 1 heterocycles. The summed E-state index contributed by atoms with van der Waals surface area (Å²) in [4.78, 5) is 6.73. The Kier molecular flexibility index (Phi) is 4.10. The third-order valence-corrected chi connectivity index (χ3v) is 4.01. The van der Waals surface area contributed by atoms with Gasteiger partial charge in [-0.2, -0.15) is 4.31 Å². The summed E-state index contributed by atoms with van der Waals surface area (Å²) in [6, 6.07) is 0. The molecule has 0 amide bonds. The van der Waals surface area contributed by atoms with E-state index in [1.54, 1.807) is 6.92 Å². The standard InChI is InChI=1S/C10H15N3O2S/c1-4-7-13(6-3)16(14,15)10-8-11-9(5-2)12-10/h1,8H,5-7H2,2-3H3,(H,11,12). The van der Waals surface area contributed by atoms with Gasteiger partial charge in [0.15, 0.2) is 5.03 Å². The highest BCUT2D eigenvalue weighted by atomic mass is 32.2. The van der Waals surface area contributed by atoms with Crippen molar-refractivity contribution in [3.05, 3.63) is 12.0 Å². The van der Waals surface area contributed by atoms with Crippen LogP contribution in [0, 0.1) is 12.3 Å². The Morgan fingerprint density at radius 1 is 1.56 bits per heavy atom. The van der Waals surface area contributed by atoms with E-state index in [4.69, 9.17) is 6.42 Å². The second-order valence-corrected chi connectivity index (χ2v) is 5.09. The Bertz CT molecular complexity index is 484. The lowest BCUT2D eigenvalue weighted by molar-refractivity contribution is 0.461. The van der Waals surface area contributed by atoms with E-state index in [0.29, 0.717) is 18.8 Å². The van der Waals surface area contributed by atoms with Gasteiger partial charge in [-0.05, 0) is 0 Å². The molecule has 0 unspecified atom stereocenters. The smallest absolute Gasteiger partial charge is 0.260 e. The zero-order chi connectivity index (χ0) is 12.2. The number of imidazole rings is 1. The summed E-state index contributed by atoms with van der Waals surface area (Å²) >= 11 is 0. The van der Waals surface area contributed by atoms with Gasteiger partial charge in [0.2, 0.25) is 0 Å². The highest BCUT2D eigenvalue weighted by Crippen LogP contribution is 2.12. The van der Waals surface area contributed by atoms with Crippen molar-refractivity contribution in [3.8, 4) is 12.3 Å². The number of aromatic nitrogens is 2. The Hall–Kier alpha value is -1.32. The van der Waals surface area contributed by atoms with Crippen LogP contribution in [0.3, 0.4) is 0 Å². The van der Waals surface area contributed by atoms with Crippen LogP contribution in [0.2, 0.25) is 0 Å². The lowest BCUT2D eigenvalue weighted by Crippen LogP contribution is -2.31. The van der Waals surface area contributed by atoms with Gasteiger partial charge >= 0.3 is 0 Å². The summed E-state index contributed by atoms with van der Waals surface area (Å²) in [7, 11) is -3.53. The fourth-order valence-electron chi connectivity index (χ4n) is 1.26. The first-order valence-corrected chi connectivity index (χ1v) is 6.47. The Labute approximate surface area is 95.9 Å². The molecule has 88 valence electrons. The minimum absolute atomic E-state index is 0.0688. The van der Waals surface area contributed by atoms with Gasteiger partial charge in [-0.3, -0.25) is 0 Å². The fourth-order valence-corrected chi connectivity index (χ4v) is 2.56. The summed E-state index contributed by atoms with van der Waals surface area (Å²) in [6.45, 7) is 4.05. The Balaban J connectivity index is 3.05. The summed E-state index contributed by atoms with van der Waals surface area (Å²) in [6.07, 6.45) is 7.12. The van der Waals surface area contributed by atoms with Crippen molar-refractivity contribution < 1.29 is 8.42 Å². The number of hydrogen-bond acceptors (Lipinski definition) is 3. The summed E-state index contributed by atoms with van der Waals surface area (Å²) in [5.41, 5.74) is 0. The maximum absolute atomic E-state index is 12.0. The van der Waals surface area contributed by atoms with Gasteiger partial charge in [0.25, 0.3) is 10.0 Å². The van der Waals surface area contributed by atoms with E-state index in [0.717, 1.165) is 0 Å². The normalized spacial score (nSPS) is 11.6. The van der Waals surface area contributed by atoms with Crippen LogP contribution < -0.4 is 0 Å². The molecule has 0 aliphatic heterocycles. The van der Waals surface area contributed by atoms with Crippen LogP contribution in [-0.2, 0) is 16.4 Å². The molecule has 0 aliphatic carbocycles. The molecule has 0 atom stereocenters. The molecule has 6 heteroatoms. The molecular formula is C10H15N3O2S. The summed E-state index contributed by atoms with van der Waals surface area (Å²) in [5, 5.41) is 0.0986. The number of aryl methyl sites for hydroxylation is 1. The molecule has 1 aromatic heterocycles. The van der Waals surface area contributed by atoms with Crippen molar-refractivity contribution in [2.24, 2.45) is 0 Å². The SMILES string of the molecule is C#CCN(CC)S(=O)(=O)c1cnc(CC)[nH]1. The average molecular weight is 241 g/mol. The molecule has 1 N–H and O–H groups in total. The minimum Gasteiger partial charge on any atom is -0.332 e. The second-order valence-electron chi connectivity index (χ2n) is 3.18. The largest absolute Gasteiger partial charge is 0.332 e. The molecule has 0 radical (unpaired) electrons. The minimum atomic E-state index is -3.53. The summed E-state index contributed by atoms with van der Waals surface area (Å²) < 4.78 is 25.3. The van der Waals surface area contributed by atoms with Gasteiger partial charge in [0.1, 0.15) is 5.82 Å². The van der Waals surface area contributed by atoms with Crippen LogP contribution >= 0.6 is 0 Å². The highest BCUT2D eigenvalue weighted by molar-refractivity contribution is 7.89. The number of nitrogens with zero attached hydrogens (tertiary/aromatic N) is 2. The summed E-state index contributed by atoms with van der Waals surface area (Å²) in [5.74, 6) is 2.98. The van der Waals surface area contributed by atoms with Crippen LogP contribution in [0.4, 0.5) is 0 Å². The van der Waals surface area contributed by atoms with E-state index in [1.807, 2.05) is 6.92 Å². The van der Waals surface area contributed by atoms with Gasteiger partial charge in [-0.1, -0.05) is 19.8 Å². The average Bonchev–Trinajstić information content (AvgIpc) is 2.74. The van der Waals surface area contributed by atoms with Crippen molar-refractivity contribution in [2.75, 3.05) is 13.1 Å². The first-order valence-electron chi connectivity index (χ1n) is 5.03. The molecule has 1 aromatic rings. The molecule has 0 saturated carbocycles. The first-order chi connectivity index (χ1) is 7.56. The van der Waals surface area contributed by atoms with E-state index in [-0.39, 0.29) is 11.6 Å². The number of nitrogens with one attached hydrogen (secondary N) is 1. The molecule has 5 nitrogen and oxygen atoms in total. The maximum Gasteiger partial charge on any atom is 0.260 e. The van der Waals surface area contributed by atoms with Crippen LogP contribution in [0.1, 0.15) is 19.7 Å². The number of aromatic amines is 1. The quantitative estimate of drug-likeness (QED) is 0.768. The first kappa shape index (κ1) is 12.7. The van der Waals surface area contributed by atoms with Gasteiger partial charge < -0.3 is 4.98 Å². The zero-order valence-corrected chi connectivity index (χ0v) is 10.2. The van der Waals surface area contributed by atoms with Gasteiger partial charge in [-0.15, -0.1) is 6.42 Å². The van der Waals surface area contributed by atoms with Gasteiger partial charge in [-0.25, -0.2) is 13.4 Å². The van der Waals surface area contributed by atoms with Crippen molar-refractivity contribution >= 4 is 10.0 Å². The van der Waals surface area contributed by atoms with Crippen molar-refractivity contribution in [2.45, 2.75) is 25.3 Å². The predicted octanol–water partition coefficient (Wildman–Crippen LogP) is 0.616. The van der Waals surface area contributed by atoms with E-state index < -0.39 is 10.0 Å². The molecule has 0 bridgehead atoms. The van der Waals surface area contributed by atoms with Crippen LogP contribution in [0.15, 0.2) is 11.2 Å². The van der Waals surface area contributed by atoms with E-state index in [1.165, 1.54) is 10.5 Å². The predicted molar refractivity (Wildman–Crippen MR) is 61.2 cm³/mol. The topological polar surface area (TPSA) is 66.1 Å². The number of hydrogen-bond donors (Lipinski definition) is 1. The third kappa shape index (κ3) is 2.43. The molecular weight excluding hydrogens is 226 g/mol. The third-order valence-electron chi connectivity index (χ3n) is 2.18. The molecule has 0 fully saturated rings. The fraction of sp³-hybridized carbons (Fsp3) is 0.500. The van der Waals surface area contributed by atoms with Crippen LogP contribution in [0.25, 0.3) is 0 Å². The van der Waals surface area contributed by atoms with Crippen LogP contribution in [0.5, 0.6) is 0 Å². The van der Waals surface area contributed by atoms with Gasteiger partial charge in [0, 0.05) is 13.0 Å². The molecule has 0 aliphatic rings. The van der Waals surface area contributed by atoms with E-state index in [2.05, 4.69) is 15.9 Å². The highest BCUT2D eigenvalue weighted by Gasteiger charge is 2.24. The molecule has 0 aromatic carbocycles. The number of H-pyrrole nitrogens is 1. The number of rotatable bonds is 5. The second kappa shape index (κ2) is 5.14. The molecule has 0 spiro atoms. The van der Waals surface area contributed by atoms with Crippen molar-refractivity contribution in [3.63, 3.8) is 0 Å². The monoisotopic (exact) mass is 241 g/mol. The van der Waals surface area contributed by atoms with E-state index in [9.17, 15) is 8.42 Å². The number of sulfonamides is 1. The zero-order valence-electron chi connectivity index (χ0n) is 9.40. The lowest BCUT2D eigenvalue weighted by Gasteiger charge is -2.15. The molecule has 16 heavy (non-hydrogen) atoms. The maximum atomic E-state index is 12.0. The van der Waals surface area contributed by atoms with Crippen LogP contribution in [-0.4, -0.2) is 35.8 Å². The van der Waals surface area contributed by atoms with Gasteiger partial charge in [0.05, 0.1) is 12.7 Å². The van der Waals surface area contributed by atoms with E-state index >= 15 is 0 Å². The molecule has 0 saturated heterocycles. The van der Waals surface area contributed by atoms with Crippen molar-refractivity contribution in [1.82, 2.24) is 14.3 Å². The lowest BCUT2D eigenvalue weighted by atomic mass is 10.5. The van der Waals surface area contributed by atoms with Crippen molar-refractivity contribution in [1.29, 1.82) is 0 Å². The number of terminal acetylenes is 1. The Morgan fingerprint density at radius 3 is 2.69 bits per heavy atom. The Morgan fingerprint density at radius 2 is 2.25 bits per heavy atom.